The molecule has 1 saturated heterocycles. The zero-order chi connectivity index (χ0) is 18.9. The molecule has 6 nitrogen and oxygen atoms in total. The Kier molecular flexibility index (Phi) is 4.94. The number of amides is 2. The fourth-order valence-corrected chi connectivity index (χ4v) is 3.29. The molecule has 26 heavy (non-hydrogen) atoms. The number of carbonyl (C=O) groups is 2. The van der Waals surface area contributed by atoms with Crippen LogP contribution in [0.4, 0.5) is 4.79 Å². The van der Waals surface area contributed by atoms with E-state index in [1.807, 2.05) is 56.9 Å². The Bertz CT molecular complexity index is 811. The van der Waals surface area contributed by atoms with Crippen molar-refractivity contribution in [2.24, 2.45) is 0 Å². The van der Waals surface area contributed by atoms with Crippen molar-refractivity contribution in [1.29, 1.82) is 0 Å². The molecule has 1 aliphatic heterocycles. The highest BCUT2D eigenvalue weighted by Crippen LogP contribution is 2.23. The number of fused-ring (bicyclic) bond motifs is 1. The lowest BCUT2D eigenvalue weighted by Crippen LogP contribution is -2.52. The number of para-hydroxylation sites is 1. The summed E-state index contributed by atoms with van der Waals surface area (Å²) in [5.74, 6) is 0.0988. The van der Waals surface area contributed by atoms with Crippen LogP contribution < -0.4 is 0 Å². The first-order valence-electron chi connectivity index (χ1n) is 9.06. The van der Waals surface area contributed by atoms with Crippen LogP contribution >= 0.6 is 0 Å². The number of aromatic amines is 1. The molecule has 0 unspecified atom stereocenters. The molecule has 0 atom stereocenters. The molecule has 1 aromatic carbocycles. The summed E-state index contributed by atoms with van der Waals surface area (Å²) in [6, 6.07) is 8.04. The number of hydrogen-bond donors (Lipinski definition) is 1. The average molecular weight is 357 g/mol. The molecule has 3 rings (SSSR count). The van der Waals surface area contributed by atoms with Gasteiger partial charge in [0.2, 0.25) is 5.91 Å². The summed E-state index contributed by atoms with van der Waals surface area (Å²) in [7, 11) is 0. The Morgan fingerprint density at radius 3 is 2.35 bits per heavy atom. The second-order valence-electron chi connectivity index (χ2n) is 7.80. The molecule has 2 aromatic rings. The number of aryl methyl sites for hydroxylation is 1. The number of hydrogen-bond acceptors (Lipinski definition) is 3. The lowest BCUT2D eigenvalue weighted by molar-refractivity contribution is -0.132. The highest BCUT2D eigenvalue weighted by Gasteiger charge is 2.28. The molecule has 1 N–H and O–H groups in total. The van der Waals surface area contributed by atoms with Crippen molar-refractivity contribution < 1.29 is 14.3 Å². The lowest BCUT2D eigenvalue weighted by Gasteiger charge is -2.35. The first-order valence-corrected chi connectivity index (χ1v) is 9.06. The molecule has 0 radical (unpaired) electrons. The molecule has 0 aliphatic carbocycles. The third kappa shape index (κ3) is 4.00. The Balaban J connectivity index is 1.60. The zero-order valence-electron chi connectivity index (χ0n) is 16.0. The number of carbonyl (C=O) groups excluding carboxylic acids is 2. The van der Waals surface area contributed by atoms with E-state index in [1.54, 1.807) is 4.90 Å². The summed E-state index contributed by atoms with van der Waals surface area (Å²) in [6.07, 6.45) is 0.0690. The van der Waals surface area contributed by atoms with Crippen LogP contribution in [0.2, 0.25) is 0 Å². The van der Waals surface area contributed by atoms with Gasteiger partial charge in [0.1, 0.15) is 5.60 Å². The van der Waals surface area contributed by atoms with E-state index in [4.69, 9.17) is 4.74 Å². The molecular formula is C20H27N3O3. The first-order chi connectivity index (χ1) is 12.2. The summed E-state index contributed by atoms with van der Waals surface area (Å²) in [5.41, 5.74) is 2.64. The molecule has 0 bridgehead atoms. The largest absolute Gasteiger partial charge is 0.444 e. The Morgan fingerprint density at radius 2 is 1.69 bits per heavy atom. The normalized spacial score (nSPS) is 15.4. The molecule has 1 aliphatic rings. The van der Waals surface area contributed by atoms with Crippen LogP contribution in [0.5, 0.6) is 0 Å². The highest BCUT2D eigenvalue weighted by atomic mass is 16.6. The van der Waals surface area contributed by atoms with Gasteiger partial charge in [0, 0.05) is 42.8 Å². The van der Waals surface area contributed by atoms with E-state index >= 15 is 0 Å². The van der Waals surface area contributed by atoms with Gasteiger partial charge in [-0.2, -0.15) is 0 Å². The minimum absolute atomic E-state index is 0.0988. The van der Waals surface area contributed by atoms with Crippen LogP contribution in [0.25, 0.3) is 10.9 Å². The Morgan fingerprint density at radius 1 is 1.08 bits per heavy atom. The van der Waals surface area contributed by atoms with Gasteiger partial charge in [0.25, 0.3) is 0 Å². The summed E-state index contributed by atoms with van der Waals surface area (Å²) in [6.45, 7) is 9.67. The second-order valence-corrected chi connectivity index (χ2v) is 7.80. The van der Waals surface area contributed by atoms with Crippen molar-refractivity contribution >= 4 is 22.9 Å². The SMILES string of the molecule is Cc1[nH]c2ccccc2c1CC(=O)N1CCN(C(=O)OC(C)(C)C)CC1. The third-order valence-corrected chi connectivity index (χ3v) is 4.64. The summed E-state index contributed by atoms with van der Waals surface area (Å²) >= 11 is 0. The average Bonchev–Trinajstić information content (AvgIpc) is 2.89. The van der Waals surface area contributed by atoms with Crippen molar-refractivity contribution in [3.05, 3.63) is 35.5 Å². The predicted octanol–water partition coefficient (Wildman–Crippen LogP) is 3.10. The molecular weight excluding hydrogens is 330 g/mol. The van der Waals surface area contributed by atoms with Crippen molar-refractivity contribution in [3.63, 3.8) is 0 Å². The summed E-state index contributed by atoms with van der Waals surface area (Å²) in [5, 5.41) is 1.10. The van der Waals surface area contributed by atoms with Crippen LogP contribution in [-0.4, -0.2) is 58.6 Å². The zero-order valence-corrected chi connectivity index (χ0v) is 16.0. The maximum atomic E-state index is 12.7. The molecule has 2 amide bonds. The molecule has 6 heteroatoms. The number of nitrogens with zero attached hydrogens (tertiary/aromatic N) is 2. The van der Waals surface area contributed by atoms with Crippen LogP contribution in [0.3, 0.4) is 0 Å². The summed E-state index contributed by atoms with van der Waals surface area (Å²) in [4.78, 5) is 31.7. The van der Waals surface area contributed by atoms with E-state index in [2.05, 4.69) is 4.98 Å². The summed E-state index contributed by atoms with van der Waals surface area (Å²) < 4.78 is 5.40. The van der Waals surface area contributed by atoms with Crippen LogP contribution in [-0.2, 0) is 16.0 Å². The lowest BCUT2D eigenvalue weighted by atomic mass is 10.1. The van der Waals surface area contributed by atoms with E-state index in [1.165, 1.54) is 0 Å². The van der Waals surface area contributed by atoms with Gasteiger partial charge in [-0.05, 0) is 39.3 Å². The van der Waals surface area contributed by atoms with Gasteiger partial charge in [-0.15, -0.1) is 0 Å². The minimum Gasteiger partial charge on any atom is -0.444 e. The predicted molar refractivity (Wildman–Crippen MR) is 101 cm³/mol. The Hall–Kier alpha value is -2.50. The number of H-pyrrole nitrogens is 1. The van der Waals surface area contributed by atoms with Crippen molar-refractivity contribution in [1.82, 2.24) is 14.8 Å². The number of aromatic nitrogens is 1. The topological polar surface area (TPSA) is 65.6 Å². The molecule has 2 heterocycles. The van der Waals surface area contributed by atoms with E-state index in [-0.39, 0.29) is 12.0 Å². The van der Waals surface area contributed by atoms with Crippen LogP contribution in [0.1, 0.15) is 32.0 Å². The number of nitrogens with one attached hydrogen (secondary N) is 1. The van der Waals surface area contributed by atoms with Crippen molar-refractivity contribution in [2.45, 2.75) is 39.7 Å². The van der Waals surface area contributed by atoms with Gasteiger partial charge in [-0.3, -0.25) is 4.79 Å². The third-order valence-electron chi connectivity index (χ3n) is 4.64. The molecule has 0 saturated carbocycles. The number of ether oxygens (including phenoxy) is 1. The van der Waals surface area contributed by atoms with Crippen LogP contribution in [0.15, 0.2) is 24.3 Å². The van der Waals surface area contributed by atoms with Crippen molar-refractivity contribution in [2.75, 3.05) is 26.2 Å². The van der Waals surface area contributed by atoms with Gasteiger partial charge in [-0.25, -0.2) is 4.79 Å². The molecule has 0 spiro atoms. The fraction of sp³-hybridized carbons (Fsp3) is 0.500. The number of rotatable bonds is 2. The number of piperazine rings is 1. The molecule has 140 valence electrons. The molecule has 1 aromatic heterocycles. The van der Waals surface area contributed by atoms with E-state index in [0.717, 1.165) is 22.2 Å². The Labute approximate surface area is 154 Å². The van der Waals surface area contributed by atoms with Crippen molar-refractivity contribution in [3.8, 4) is 0 Å². The van der Waals surface area contributed by atoms with Crippen LogP contribution in [0, 0.1) is 6.92 Å². The quantitative estimate of drug-likeness (QED) is 0.898. The molecule has 1 fully saturated rings. The maximum absolute atomic E-state index is 12.7. The number of benzene rings is 1. The van der Waals surface area contributed by atoms with Gasteiger partial charge in [0.15, 0.2) is 0 Å². The fourth-order valence-electron chi connectivity index (χ4n) is 3.29. The van der Waals surface area contributed by atoms with Gasteiger partial charge in [0.05, 0.1) is 6.42 Å². The maximum Gasteiger partial charge on any atom is 0.410 e. The minimum atomic E-state index is -0.503. The van der Waals surface area contributed by atoms with E-state index in [9.17, 15) is 9.59 Å². The first kappa shape index (κ1) is 18.3. The van der Waals surface area contributed by atoms with E-state index in [0.29, 0.717) is 32.6 Å². The van der Waals surface area contributed by atoms with Gasteiger partial charge in [-0.1, -0.05) is 18.2 Å². The standard InChI is InChI=1S/C20H27N3O3/c1-14-16(15-7-5-6-8-17(15)21-14)13-18(24)22-9-11-23(12-10-22)19(25)26-20(2,3)4/h5-8,21H,9-13H2,1-4H3. The second kappa shape index (κ2) is 7.02. The monoisotopic (exact) mass is 357 g/mol. The smallest absolute Gasteiger partial charge is 0.410 e. The van der Waals surface area contributed by atoms with Gasteiger partial charge < -0.3 is 19.5 Å². The highest BCUT2D eigenvalue weighted by molar-refractivity contribution is 5.90. The van der Waals surface area contributed by atoms with E-state index < -0.39 is 5.60 Å². The van der Waals surface area contributed by atoms with Gasteiger partial charge >= 0.3 is 6.09 Å².